The quantitative estimate of drug-likeness (QED) is 0.777. The number of carboxylic acid groups (broad SMARTS) is 1. The molecule has 1 aromatic carbocycles. The molecule has 3 nitrogen and oxygen atoms in total. The minimum Gasteiger partial charge on any atom is -0.481 e. The molecule has 0 unspecified atom stereocenters. The van der Waals surface area contributed by atoms with Crippen molar-refractivity contribution in [1.82, 2.24) is 0 Å². The van der Waals surface area contributed by atoms with Gasteiger partial charge in [0.2, 0.25) is 0 Å². The summed E-state index contributed by atoms with van der Waals surface area (Å²) in [6.07, 6.45) is 0.915. The first kappa shape index (κ1) is 10.6. The smallest absolute Gasteiger partial charge is 0.303 e. The van der Waals surface area contributed by atoms with Crippen LogP contribution in [0, 0.1) is 0 Å². The summed E-state index contributed by atoms with van der Waals surface area (Å²) in [5, 5.41) is 8.48. The third kappa shape index (κ3) is 3.47. The largest absolute Gasteiger partial charge is 0.481 e. The van der Waals surface area contributed by atoms with Crippen molar-refractivity contribution >= 4 is 11.7 Å². The van der Waals surface area contributed by atoms with Gasteiger partial charge in [-0.05, 0) is 18.6 Å². The molecule has 0 aliphatic heterocycles. The van der Waals surface area contributed by atoms with Crippen molar-refractivity contribution in [2.45, 2.75) is 12.8 Å². The highest BCUT2D eigenvalue weighted by molar-refractivity contribution is 5.66. The van der Waals surface area contributed by atoms with Crippen LogP contribution in [-0.4, -0.2) is 24.7 Å². The first-order valence-electron chi connectivity index (χ1n) is 4.68. The number of nitrogens with zero attached hydrogens (tertiary/aromatic N) is 1. The van der Waals surface area contributed by atoms with Crippen molar-refractivity contribution in [1.29, 1.82) is 0 Å². The molecule has 0 amide bonds. The van der Waals surface area contributed by atoms with Gasteiger partial charge in [-0.15, -0.1) is 0 Å². The standard InChI is InChI=1S/C11H15NO2/c1-12(9-5-8-11(13)14)10-6-3-2-4-7-10/h2-4,6-7H,5,8-9H2,1H3,(H,13,14). The molecule has 76 valence electrons. The Kier molecular flexibility index (Phi) is 3.98. The van der Waals surface area contributed by atoms with Gasteiger partial charge in [-0.25, -0.2) is 0 Å². The predicted molar refractivity (Wildman–Crippen MR) is 56.6 cm³/mol. The van der Waals surface area contributed by atoms with Gasteiger partial charge in [-0.1, -0.05) is 18.2 Å². The second-order valence-corrected chi connectivity index (χ2v) is 3.25. The predicted octanol–water partition coefficient (Wildman–Crippen LogP) is 1.99. The van der Waals surface area contributed by atoms with Crippen LogP contribution in [0.15, 0.2) is 30.3 Å². The van der Waals surface area contributed by atoms with E-state index in [-0.39, 0.29) is 6.42 Å². The summed E-state index contributed by atoms with van der Waals surface area (Å²) in [4.78, 5) is 12.4. The number of aliphatic carboxylic acids is 1. The Bertz CT molecular complexity index is 285. The van der Waals surface area contributed by atoms with Gasteiger partial charge in [0.05, 0.1) is 0 Å². The highest BCUT2D eigenvalue weighted by Crippen LogP contribution is 2.11. The Morgan fingerprint density at radius 2 is 2.00 bits per heavy atom. The first-order chi connectivity index (χ1) is 6.70. The molecule has 0 bridgehead atoms. The van der Waals surface area contributed by atoms with Crippen molar-refractivity contribution in [3.05, 3.63) is 30.3 Å². The van der Waals surface area contributed by atoms with E-state index < -0.39 is 5.97 Å². The van der Waals surface area contributed by atoms with E-state index in [1.165, 1.54) is 0 Å². The van der Waals surface area contributed by atoms with Crippen molar-refractivity contribution in [2.75, 3.05) is 18.5 Å². The molecular formula is C11H15NO2. The number of anilines is 1. The lowest BCUT2D eigenvalue weighted by Crippen LogP contribution is -2.18. The van der Waals surface area contributed by atoms with Gasteiger partial charge in [0.25, 0.3) is 0 Å². The number of benzene rings is 1. The minimum atomic E-state index is -0.730. The monoisotopic (exact) mass is 193 g/mol. The van der Waals surface area contributed by atoms with E-state index in [9.17, 15) is 4.79 Å². The zero-order valence-electron chi connectivity index (χ0n) is 8.31. The van der Waals surface area contributed by atoms with E-state index in [0.29, 0.717) is 6.42 Å². The molecule has 0 saturated carbocycles. The van der Waals surface area contributed by atoms with Crippen LogP contribution in [0.1, 0.15) is 12.8 Å². The summed E-state index contributed by atoms with van der Waals surface area (Å²) in [7, 11) is 1.97. The number of hydrogen-bond donors (Lipinski definition) is 1. The third-order valence-electron chi connectivity index (χ3n) is 2.08. The topological polar surface area (TPSA) is 40.5 Å². The fourth-order valence-corrected chi connectivity index (χ4v) is 1.28. The summed E-state index contributed by atoms with van der Waals surface area (Å²) in [5.74, 6) is -0.730. The highest BCUT2D eigenvalue weighted by atomic mass is 16.4. The van der Waals surface area contributed by atoms with E-state index in [1.54, 1.807) is 0 Å². The third-order valence-corrected chi connectivity index (χ3v) is 2.08. The molecule has 0 aliphatic carbocycles. The van der Waals surface area contributed by atoms with Crippen LogP contribution in [0.2, 0.25) is 0 Å². The number of carbonyl (C=O) groups is 1. The zero-order valence-corrected chi connectivity index (χ0v) is 8.31. The Hall–Kier alpha value is -1.51. The molecule has 0 saturated heterocycles. The number of para-hydroxylation sites is 1. The SMILES string of the molecule is CN(CCCC(=O)O)c1ccccc1. The van der Waals surface area contributed by atoms with Crippen LogP contribution in [0.5, 0.6) is 0 Å². The van der Waals surface area contributed by atoms with Gasteiger partial charge in [-0.3, -0.25) is 4.79 Å². The first-order valence-corrected chi connectivity index (χ1v) is 4.68. The Morgan fingerprint density at radius 3 is 2.57 bits per heavy atom. The molecule has 14 heavy (non-hydrogen) atoms. The van der Waals surface area contributed by atoms with Crippen LogP contribution in [0.25, 0.3) is 0 Å². The van der Waals surface area contributed by atoms with Crippen molar-refractivity contribution < 1.29 is 9.90 Å². The number of carboxylic acids is 1. The fraction of sp³-hybridized carbons (Fsp3) is 0.364. The molecular weight excluding hydrogens is 178 g/mol. The van der Waals surface area contributed by atoms with Crippen LogP contribution in [-0.2, 0) is 4.79 Å². The summed E-state index contributed by atoms with van der Waals surface area (Å²) >= 11 is 0. The summed E-state index contributed by atoms with van der Waals surface area (Å²) in [5.41, 5.74) is 1.12. The Balaban J connectivity index is 2.36. The average molecular weight is 193 g/mol. The van der Waals surface area contributed by atoms with E-state index in [2.05, 4.69) is 4.90 Å². The Labute approximate surface area is 84.0 Å². The summed E-state index contributed by atoms with van der Waals surface area (Å²) < 4.78 is 0. The van der Waals surface area contributed by atoms with Gasteiger partial charge < -0.3 is 10.0 Å². The van der Waals surface area contributed by atoms with E-state index >= 15 is 0 Å². The van der Waals surface area contributed by atoms with Gasteiger partial charge >= 0.3 is 5.97 Å². The van der Waals surface area contributed by atoms with Crippen LogP contribution in [0.3, 0.4) is 0 Å². The highest BCUT2D eigenvalue weighted by Gasteiger charge is 2.01. The molecule has 0 aromatic heterocycles. The molecule has 0 spiro atoms. The molecule has 0 heterocycles. The van der Waals surface area contributed by atoms with Gasteiger partial charge in [0, 0.05) is 25.7 Å². The van der Waals surface area contributed by atoms with Crippen molar-refractivity contribution in [3.8, 4) is 0 Å². The van der Waals surface area contributed by atoms with Crippen molar-refractivity contribution in [3.63, 3.8) is 0 Å². The molecule has 0 radical (unpaired) electrons. The minimum absolute atomic E-state index is 0.233. The summed E-state index contributed by atoms with van der Waals surface area (Å²) in [6, 6.07) is 9.95. The molecule has 0 atom stereocenters. The normalized spacial score (nSPS) is 9.79. The maximum Gasteiger partial charge on any atom is 0.303 e. The molecule has 0 fully saturated rings. The van der Waals surface area contributed by atoms with Crippen LogP contribution >= 0.6 is 0 Å². The second kappa shape index (κ2) is 5.27. The van der Waals surface area contributed by atoms with Crippen LogP contribution < -0.4 is 4.90 Å². The molecule has 3 heteroatoms. The lowest BCUT2D eigenvalue weighted by atomic mass is 10.2. The van der Waals surface area contributed by atoms with Gasteiger partial charge in [0.1, 0.15) is 0 Å². The van der Waals surface area contributed by atoms with E-state index in [0.717, 1.165) is 12.2 Å². The summed E-state index contributed by atoms with van der Waals surface area (Å²) in [6.45, 7) is 0.774. The average Bonchev–Trinajstić information content (AvgIpc) is 2.18. The second-order valence-electron chi connectivity index (χ2n) is 3.25. The zero-order chi connectivity index (χ0) is 10.4. The lowest BCUT2D eigenvalue weighted by molar-refractivity contribution is -0.137. The molecule has 0 aliphatic rings. The van der Waals surface area contributed by atoms with E-state index in [1.807, 2.05) is 37.4 Å². The van der Waals surface area contributed by atoms with Gasteiger partial charge in [0.15, 0.2) is 0 Å². The van der Waals surface area contributed by atoms with Crippen LogP contribution in [0.4, 0.5) is 5.69 Å². The molecule has 1 aromatic rings. The molecule has 1 rings (SSSR count). The molecule has 1 N–H and O–H groups in total. The van der Waals surface area contributed by atoms with E-state index in [4.69, 9.17) is 5.11 Å². The maximum atomic E-state index is 10.3. The van der Waals surface area contributed by atoms with Crippen molar-refractivity contribution in [2.24, 2.45) is 0 Å². The number of rotatable bonds is 5. The Morgan fingerprint density at radius 1 is 1.36 bits per heavy atom. The van der Waals surface area contributed by atoms with Gasteiger partial charge in [-0.2, -0.15) is 0 Å². The maximum absolute atomic E-state index is 10.3. The number of hydrogen-bond acceptors (Lipinski definition) is 2. The lowest BCUT2D eigenvalue weighted by Gasteiger charge is -2.18. The fourth-order valence-electron chi connectivity index (χ4n) is 1.28.